The summed E-state index contributed by atoms with van der Waals surface area (Å²) in [6.07, 6.45) is 0.598. The Labute approximate surface area is 91.0 Å². The molecule has 0 saturated carbocycles. The molecule has 1 rings (SSSR count). The van der Waals surface area contributed by atoms with Gasteiger partial charge in [-0.3, -0.25) is 0 Å². The Bertz CT molecular complexity index is 423. The molecule has 15 heavy (non-hydrogen) atoms. The van der Waals surface area contributed by atoms with E-state index in [2.05, 4.69) is 0 Å². The minimum Gasteiger partial charge on any atom is -0.495 e. The van der Waals surface area contributed by atoms with Crippen molar-refractivity contribution in [3.8, 4) is 5.75 Å². The maximum atomic E-state index is 12.1. The molecule has 4 heteroatoms. The highest BCUT2D eigenvalue weighted by molar-refractivity contribution is 7.92. The maximum Gasteiger partial charge on any atom is 0.184 e. The maximum absolute atomic E-state index is 12.1. The average Bonchev–Trinajstić information content (AvgIpc) is 2.27. The summed E-state index contributed by atoms with van der Waals surface area (Å²) in [5.41, 5.74) is 0. The van der Waals surface area contributed by atoms with E-state index in [1.807, 2.05) is 6.92 Å². The molecule has 1 atom stereocenters. The standard InChI is InChI=1S/C11H16O3S/c1-4-9(2)15(12,13)11-8-6-5-7-10(11)14-3/h5-9H,4H2,1-3H3. The van der Waals surface area contributed by atoms with Gasteiger partial charge in [-0.1, -0.05) is 19.1 Å². The highest BCUT2D eigenvalue weighted by atomic mass is 32.2. The third kappa shape index (κ3) is 2.31. The van der Waals surface area contributed by atoms with Gasteiger partial charge in [-0.2, -0.15) is 0 Å². The fourth-order valence-corrected chi connectivity index (χ4v) is 2.86. The van der Waals surface area contributed by atoms with Gasteiger partial charge in [-0.05, 0) is 25.5 Å². The van der Waals surface area contributed by atoms with Crippen LogP contribution in [0, 0.1) is 0 Å². The van der Waals surface area contributed by atoms with Gasteiger partial charge in [0.15, 0.2) is 9.84 Å². The van der Waals surface area contributed by atoms with E-state index in [-0.39, 0.29) is 10.1 Å². The van der Waals surface area contributed by atoms with Crippen molar-refractivity contribution in [1.29, 1.82) is 0 Å². The largest absolute Gasteiger partial charge is 0.495 e. The average molecular weight is 228 g/mol. The van der Waals surface area contributed by atoms with E-state index in [4.69, 9.17) is 4.74 Å². The van der Waals surface area contributed by atoms with Crippen LogP contribution in [-0.2, 0) is 9.84 Å². The van der Waals surface area contributed by atoms with Gasteiger partial charge in [-0.25, -0.2) is 8.42 Å². The van der Waals surface area contributed by atoms with Crippen molar-refractivity contribution < 1.29 is 13.2 Å². The van der Waals surface area contributed by atoms with Crippen molar-refractivity contribution >= 4 is 9.84 Å². The number of para-hydroxylation sites is 1. The molecule has 0 amide bonds. The number of benzene rings is 1. The molecule has 0 bridgehead atoms. The number of sulfone groups is 1. The number of hydrogen-bond acceptors (Lipinski definition) is 3. The Hall–Kier alpha value is -1.03. The van der Waals surface area contributed by atoms with E-state index >= 15 is 0 Å². The molecule has 0 fully saturated rings. The van der Waals surface area contributed by atoms with Gasteiger partial charge >= 0.3 is 0 Å². The van der Waals surface area contributed by atoms with Gasteiger partial charge in [-0.15, -0.1) is 0 Å². The molecule has 0 aliphatic rings. The van der Waals surface area contributed by atoms with Gasteiger partial charge in [0.05, 0.1) is 12.4 Å². The smallest absolute Gasteiger partial charge is 0.184 e. The molecule has 84 valence electrons. The molecule has 1 unspecified atom stereocenters. The highest BCUT2D eigenvalue weighted by Crippen LogP contribution is 2.27. The van der Waals surface area contributed by atoms with Crippen LogP contribution < -0.4 is 4.74 Å². The van der Waals surface area contributed by atoms with Crippen molar-refractivity contribution in [2.75, 3.05) is 7.11 Å². The van der Waals surface area contributed by atoms with Gasteiger partial charge in [0, 0.05) is 0 Å². The topological polar surface area (TPSA) is 43.4 Å². The van der Waals surface area contributed by atoms with E-state index in [9.17, 15) is 8.42 Å². The van der Waals surface area contributed by atoms with E-state index in [0.29, 0.717) is 12.2 Å². The zero-order chi connectivity index (χ0) is 11.5. The molecule has 0 saturated heterocycles. The van der Waals surface area contributed by atoms with Crippen LogP contribution in [0.4, 0.5) is 0 Å². The normalized spacial score (nSPS) is 13.5. The van der Waals surface area contributed by atoms with E-state index in [1.54, 1.807) is 31.2 Å². The summed E-state index contributed by atoms with van der Waals surface area (Å²) < 4.78 is 29.2. The molecule has 1 aromatic carbocycles. The van der Waals surface area contributed by atoms with Crippen LogP contribution in [0.1, 0.15) is 20.3 Å². The second-order valence-electron chi connectivity index (χ2n) is 3.41. The lowest BCUT2D eigenvalue weighted by Crippen LogP contribution is -2.17. The van der Waals surface area contributed by atoms with E-state index < -0.39 is 9.84 Å². The molecule has 0 spiro atoms. The molecule has 0 aliphatic heterocycles. The SMILES string of the molecule is CCC(C)S(=O)(=O)c1ccccc1OC. The monoisotopic (exact) mass is 228 g/mol. The van der Waals surface area contributed by atoms with Gasteiger partial charge < -0.3 is 4.74 Å². The summed E-state index contributed by atoms with van der Waals surface area (Å²) in [5.74, 6) is 0.415. The second-order valence-corrected chi connectivity index (χ2v) is 5.75. The molecular formula is C11H16O3S. The van der Waals surface area contributed by atoms with Crippen molar-refractivity contribution in [3.63, 3.8) is 0 Å². The predicted molar refractivity (Wildman–Crippen MR) is 59.9 cm³/mol. The van der Waals surface area contributed by atoms with Crippen molar-refractivity contribution in [2.45, 2.75) is 30.4 Å². The first-order chi connectivity index (χ1) is 7.04. The Balaban J connectivity index is 3.27. The van der Waals surface area contributed by atoms with Crippen LogP contribution in [0.5, 0.6) is 5.75 Å². The Morgan fingerprint density at radius 1 is 1.33 bits per heavy atom. The van der Waals surface area contributed by atoms with Crippen molar-refractivity contribution in [3.05, 3.63) is 24.3 Å². The molecule has 0 N–H and O–H groups in total. The summed E-state index contributed by atoms with van der Waals surface area (Å²) in [5, 5.41) is -0.381. The molecule has 1 aromatic rings. The first-order valence-corrected chi connectivity index (χ1v) is 6.45. The Morgan fingerprint density at radius 3 is 2.47 bits per heavy atom. The third-order valence-electron chi connectivity index (χ3n) is 2.48. The quantitative estimate of drug-likeness (QED) is 0.794. The Morgan fingerprint density at radius 2 is 1.93 bits per heavy atom. The van der Waals surface area contributed by atoms with Crippen LogP contribution in [-0.4, -0.2) is 20.8 Å². The second kappa shape index (κ2) is 4.66. The van der Waals surface area contributed by atoms with Crippen LogP contribution in [0.2, 0.25) is 0 Å². The van der Waals surface area contributed by atoms with Gasteiger partial charge in [0.1, 0.15) is 10.6 Å². The van der Waals surface area contributed by atoms with Crippen molar-refractivity contribution in [2.24, 2.45) is 0 Å². The van der Waals surface area contributed by atoms with Crippen LogP contribution in [0.15, 0.2) is 29.2 Å². The zero-order valence-corrected chi connectivity index (χ0v) is 10.0. The Kier molecular flexibility index (Phi) is 3.74. The fourth-order valence-electron chi connectivity index (χ4n) is 1.29. The minimum atomic E-state index is -3.26. The fraction of sp³-hybridized carbons (Fsp3) is 0.455. The first kappa shape index (κ1) is 12.0. The summed E-state index contributed by atoms with van der Waals surface area (Å²) in [6, 6.07) is 6.71. The zero-order valence-electron chi connectivity index (χ0n) is 9.23. The third-order valence-corrected chi connectivity index (χ3v) is 4.82. The lowest BCUT2D eigenvalue weighted by atomic mass is 10.3. The molecule has 0 aromatic heterocycles. The number of rotatable bonds is 4. The first-order valence-electron chi connectivity index (χ1n) is 4.91. The molecule has 0 aliphatic carbocycles. The number of methoxy groups -OCH3 is 1. The summed E-state index contributed by atoms with van der Waals surface area (Å²) in [6.45, 7) is 3.57. The van der Waals surface area contributed by atoms with Crippen molar-refractivity contribution in [1.82, 2.24) is 0 Å². The number of hydrogen-bond donors (Lipinski definition) is 0. The molecule has 0 radical (unpaired) electrons. The van der Waals surface area contributed by atoms with Gasteiger partial charge in [0.2, 0.25) is 0 Å². The van der Waals surface area contributed by atoms with Crippen LogP contribution in [0.3, 0.4) is 0 Å². The summed E-state index contributed by atoms with van der Waals surface area (Å²) in [7, 11) is -1.78. The molecule has 0 heterocycles. The number of ether oxygens (including phenoxy) is 1. The van der Waals surface area contributed by atoms with Crippen LogP contribution in [0.25, 0.3) is 0 Å². The van der Waals surface area contributed by atoms with E-state index in [0.717, 1.165) is 0 Å². The lowest BCUT2D eigenvalue weighted by molar-refractivity contribution is 0.402. The molecular weight excluding hydrogens is 212 g/mol. The summed E-state index contributed by atoms with van der Waals surface area (Å²) in [4.78, 5) is 0.279. The minimum absolute atomic E-state index is 0.279. The summed E-state index contributed by atoms with van der Waals surface area (Å²) >= 11 is 0. The predicted octanol–water partition coefficient (Wildman–Crippen LogP) is 2.27. The highest BCUT2D eigenvalue weighted by Gasteiger charge is 2.24. The lowest BCUT2D eigenvalue weighted by Gasteiger charge is -2.13. The van der Waals surface area contributed by atoms with Gasteiger partial charge in [0.25, 0.3) is 0 Å². The van der Waals surface area contributed by atoms with E-state index in [1.165, 1.54) is 7.11 Å². The molecule has 3 nitrogen and oxygen atoms in total. The van der Waals surface area contributed by atoms with Crippen LogP contribution >= 0.6 is 0 Å².